The molecule has 1 aromatic carbocycles. The van der Waals surface area contributed by atoms with Crippen LogP contribution in [0.2, 0.25) is 5.02 Å². The summed E-state index contributed by atoms with van der Waals surface area (Å²) in [6.45, 7) is 2.48. The molecule has 0 spiro atoms. The monoisotopic (exact) mass is 280 g/mol. The van der Waals surface area contributed by atoms with Crippen LogP contribution in [0.5, 0.6) is 0 Å². The maximum Gasteiger partial charge on any atom is 0.229 e. The Morgan fingerprint density at radius 2 is 2.11 bits per heavy atom. The van der Waals surface area contributed by atoms with E-state index in [2.05, 4.69) is 5.32 Å². The first-order valence-electron chi connectivity index (χ1n) is 6.45. The van der Waals surface area contributed by atoms with E-state index in [-0.39, 0.29) is 17.9 Å². The van der Waals surface area contributed by atoms with Crippen LogP contribution in [0.4, 0.5) is 5.69 Å². The van der Waals surface area contributed by atoms with Crippen molar-refractivity contribution in [2.45, 2.75) is 32.2 Å². The Bertz CT molecular complexity index is 473. The second-order valence-electron chi connectivity index (χ2n) is 4.70. The molecule has 1 aliphatic heterocycles. The third-order valence-electron chi connectivity index (χ3n) is 3.11. The van der Waals surface area contributed by atoms with Crippen LogP contribution in [0.3, 0.4) is 0 Å². The van der Waals surface area contributed by atoms with Gasteiger partial charge in [0.1, 0.15) is 0 Å². The van der Waals surface area contributed by atoms with Crippen molar-refractivity contribution in [2.75, 3.05) is 11.4 Å². The Kier molecular flexibility index (Phi) is 4.43. The van der Waals surface area contributed by atoms with Gasteiger partial charge in [-0.3, -0.25) is 9.59 Å². The normalized spacial score (nSPS) is 18.7. The van der Waals surface area contributed by atoms with Crippen LogP contribution >= 0.6 is 11.6 Å². The molecule has 1 aromatic rings. The number of anilines is 1. The third-order valence-corrected chi connectivity index (χ3v) is 3.36. The second-order valence-corrected chi connectivity index (χ2v) is 5.14. The summed E-state index contributed by atoms with van der Waals surface area (Å²) in [6.07, 6.45) is 1.68. The molecule has 1 aliphatic rings. The molecule has 0 saturated carbocycles. The van der Waals surface area contributed by atoms with Crippen molar-refractivity contribution in [2.24, 2.45) is 0 Å². The van der Waals surface area contributed by atoms with Crippen molar-refractivity contribution in [3.63, 3.8) is 0 Å². The average molecular weight is 281 g/mol. The highest BCUT2D eigenvalue weighted by Crippen LogP contribution is 2.23. The van der Waals surface area contributed by atoms with Crippen molar-refractivity contribution in [3.05, 3.63) is 29.3 Å². The number of carbonyl (C=O) groups is 2. The van der Waals surface area contributed by atoms with Crippen molar-refractivity contribution in [1.82, 2.24) is 5.32 Å². The van der Waals surface area contributed by atoms with E-state index >= 15 is 0 Å². The molecular formula is C14H17ClN2O2. The van der Waals surface area contributed by atoms with Crippen molar-refractivity contribution in [3.8, 4) is 0 Å². The zero-order valence-electron chi connectivity index (χ0n) is 10.9. The molecule has 0 aliphatic carbocycles. The van der Waals surface area contributed by atoms with Crippen molar-refractivity contribution in [1.29, 1.82) is 0 Å². The number of nitrogens with zero attached hydrogens (tertiary/aromatic N) is 1. The first kappa shape index (κ1) is 13.9. The second kappa shape index (κ2) is 6.06. The highest BCUT2D eigenvalue weighted by Gasteiger charge is 2.31. The number of halogens is 1. The Labute approximate surface area is 117 Å². The van der Waals surface area contributed by atoms with Crippen LogP contribution in [0.15, 0.2) is 24.3 Å². The van der Waals surface area contributed by atoms with Crippen LogP contribution in [0.1, 0.15) is 26.2 Å². The number of hydrogen-bond acceptors (Lipinski definition) is 2. The van der Waals surface area contributed by atoms with Gasteiger partial charge in [0.15, 0.2) is 0 Å². The summed E-state index contributed by atoms with van der Waals surface area (Å²) < 4.78 is 0. The first-order valence-corrected chi connectivity index (χ1v) is 6.83. The SMILES string of the molecule is CCCC(=O)NC1CC(=O)N(c2ccc(Cl)cc2)C1. The smallest absolute Gasteiger partial charge is 0.229 e. The van der Waals surface area contributed by atoms with E-state index in [0.29, 0.717) is 24.4 Å². The zero-order chi connectivity index (χ0) is 13.8. The van der Waals surface area contributed by atoms with E-state index in [9.17, 15) is 9.59 Å². The summed E-state index contributed by atoms with van der Waals surface area (Å²) in [6, 6.07) is 7.05. The lowest BCUT2D eigenvalue weighted by Crippen LogP contribution is -2.36. The van der Waals surface area contributed by atoms with Crippen LogP contribution in [0.25, 0.3) is 0 Å². The van der Waals surface area contributed by atoms with E-state index in [4.69, 9.17) is 11.6 Å². The molecule has 1 fully saturated rings. The van der Waals surface area contributed by atoms with E-state index in [1.165, 1.54) is 0 Å². The van der Waals surface area contributed by atoms with Crippen LogP contribution < -0.4 is 10.2 Å². The highest BCUT2D eigenvalue weighted by atomic mass is 35.5. The molecule has 2 rings (SSSR count). The number of rotatable bonds is 4. The summed E-state index contributed by atoms with van der Waals surface area (Å²) in [4.78, 5) is 25.2. The first-order chi connectivity index (χ1) is 9.10. The lowest BCUT2D eigenvalue weighted by Gasteiger charge is -2.17. The minimum absolute atomic E-state index is 0.0123. The fourth-order valence-corrected chi connectivity index (χ4v) is 2.33. The van der Waals surface area contributed by atoms with Gasteiger partial charge in [-0.05, 0) is 30.7 Å². The van der Waals surface area contributed by atoms with E-state index in [1.54, 1.807) is 17.0 Å². The highest BCUT2D eigenvalue weighted by molar-refractivity contribution is 6.30. The Balaban J connectivity index is 1.99. The van der Waals surface area contributed by atoms with Gasteiger partial charge in [0.05, 0.1) is 6.04 Å². The molecule has 1 atom stereocenters. The molecule has 1 saturated heterocycles. The predicted molar refractivity (Wildman–Crippen MR) is 75.3 cm³/mol. The van der Waals surface area contributed by atoms with Gasteiger partial charge in [-0.1, -0.05) is 18.5 Å². The van der Waals surface area contributed by atoms with Crippen LogP contribution in [-0.2, 0) is 9.59 Å². The summed E-state index contributed by atoms with van der Waals surface area (Å²) >= 11 is 5.83. The Hall–Kier alpha value is -1.55. The third kappa shape index (κ3) is 3.47. The fourth-order valence-electron chi connectivity index (χ4n) is 2.20. The topological polar surface area (TPSA) is 49.4 Å². The van der Waals surface area contributed by atoms with E-state index in [0.717, 1.165) is 12.1 Å². The molecule has 1 heterocycles. The number of carbonyl (C=O) groups excluding carboxylic acids is 2. The summed E-state index contributed by atoms with van der Waals surface area (Å²) in [7, 11) is 0. The van der Waals surface area contributed by atoms with E-state index < -0.39 is 0 Å². The fraction of sp³-hybridized carbons (Fsp3) is 0.429. The number of hydrogen-bond donors (Lipinski definition) is 1. The lowest BCUT2D eigenvalue weighted by atomic mass is 10.2. The largest absolute Gasteiger partial charge is 0.351 e. The van der Waals surface area contributed by atoms with Gasteiger partial charge in [-0.2, -0.15) is 0 Å². The van der Waals surface area contributed by atoms with Crippen LogP contribution in [-0.4, -0.2) is 24.4 Å². The van der Waals surface area contributed by atoms with Crippen molar-refractivity contribution >= 4 is 29.1 Å². The summed E-state index contributed by atoms with van der Waals surface area (Å²) in [5, 5.41) is 3.54. The molecule has 0 bridgehead atoms. The van der Waals surface area contributed by atoms with Gasteiger partial charge < -0.3 is 10.2 Å². The molecule has 1 unspecified atom stereocenters. The van der Waals surface area contributed by atoms with Crippen molar-refractivity contribution < 1.29 is 9.59 Å². The average Bonchev–Trinajstić information content (AvgIpc) is 2.71. The van der Waals surface area contributed by atoms with Gasteiger partial charge >= 0.3 is 0 Å². The van der Waals surface area contributed by atoms with Gasteiger partial charge in [-0.25, -0.2) is 0 Å². The molecule has 0 aromatic heterocycles. The summed E-state index contributed by atoms with van der Waals surface area (Å²) in [5.74, 6) is 0.0439. The molecule has 19 heavy (non-hydrogen) atoms. The Morgan fingerprint density at radius 1 is 1.42 bits per heavy atom. The standard InChI is InChI=1S/C14H17ClN2O2/c1-2-3-13(18)16-11-8-14(19)17(9-11)12-6-4-10(15)5-7-12/h4-7,11H,2-3,8-9H2,1H3,(H,16,18). The van der Waals surface area contributed by atoms with Gasteiger partial charge in [0.25, 0.3) is 0 Å². The maximum atomic E-state index is 12.0. The molecule has 102 valence electrons. The Morgan fingerprint density at radius 3 is 2.74 bits per heavy atom. The molecule has 2 amide bonds. The maximum absolute atomic E-state index is 12.0. The minimum atomic E-state index is -0.0952. The molecule has 0 radical (unpaired) electrons. The minimum Gasteiger partial charge on any atom is -0.351 e. The van der Waals surface area contributed by atoms with Gasteiger partial charge in [-0.15, -0.1) is 0 Å². The zero-order valence-corrected chi connectivity index (χ0v) is 11.6. The quantitative estimate of drug-likeness (QED) is 0.920. The van der Waals surface area contributed by atoms with Gasteiger partial charge in [0, 0.05) is 30.1 Å². The number of benzene rings is 1. The molecule has 4 nitrogen and oxygen atoms in total. The number of nitrogens with one attached hydrogen (secondary N) is 1. The molecule has 1 N–H and O–H groups in total. The molecule has 5 heteroatoms. The lowest BCUT2D eigenvalue weighted by molar-refractivity contribution is -0.121. The molecular weight excluding hydrogens is 264 g/mol. The summed E-state index contributed by atoms with van der Waals surface area (Å²) in [5.41, 5.74) is 0.821. The van der Waals surface area contributed by atoms with Gasteiger partial charge in [0.2, 0.25) is 11.8 Å². The van der Waals surface area contributed by atoms with Crippen LogP contribution in [0, 0.1) is 0 Å². The predicted octanol–water partition coefficient (Wildman–Crippen LogP) is 2.36. The number of amides is 2. The van der Waals surface area contributed by atoms with E-state index in [1.807, 2.05) is 19.1 Å².